The van der Waals surface area contributed by atoms with Crippen LogP contribution in [0.1, 0.15) is 32.6 Å². The van der Waals surface area contributed by atoms with E-state index in [1.54, 1.807) is 0 Å². The second-order valence-corrected chi connectivity index (χ2v) is 4.11. The van der Waals surface area contributed by atoms with Gasteiger partial charge in [-0.1, -0.05) is 6.92 Å². The van der Waals surface area contributed by atoms with E-state index in [1.165, 1.54) is 12.8 Å². The minimum atomic E-state index is -0.848. The molecule has 1 saturated heterocycles. The lowest BCUT2D eigenvalue weighted by Gasteiger charge is -2.23. The Labute approximate surface area is 91.0 Å². The van der Waals surface area contributed by atoms with Gasteiger partial charge in [-0.3, -0.25) is 0 Å². The Morgan fingerprint density at radius 3 is 3.00 bits per heavy atom. The molecule has 1 heterocycles. The van der Waals surface area contributed by atoms with Gasteiger partial charge >= 0.3 is 5.97 Å². The first kappa shape index (κ1) is 12.5. The summed E-state index contributed by atoms with van der Waals surface area (Å²) in [5, 5.41) is 12.1. The molecule has 0 amide bonds. The third kappa shape index (κ3) is 4.62. The van der Waals surface area contributed by atoms with Crippen LogP contribution in [0.3, 0.4) is 0 Å². The molecule has 88 valence electrons. The van der Waals surface area contributed by atoms with E-state index in [-0.39, 0.29) is 0 Å². The minimum Gasteiger partial charge on any atom is -0.479 e. The molecular weight excluding hydrogens is 194 g/mol. The summed E-state index contributed by atoms with van der Waals surface area (Å²) in [6, 6.07) is 0. The summed E-state index contributed by atoms with van der Waals surface area (Å²) in [7, 11) is 0. The number of ether oxygens (including phenoxy) is 1. The number of nitrogens with one attached hydrogen (secondary N) is 1. The van der Waals surface area contributed by atoms with E-state index >= 15 is 0 Å². The third-order valence-corrected chi connectivity index (χ3v) is 2.89. The molecule has 0 saturated carbocycles. The Morgan fingerprint density at radius 1 is 1.67 bits per heavy atom. The number of aliphatic carboxylic acids is 1. The van der Waals surface area contributed by atoms with E-state index in [0.29, 0.717) is 18.9 Å². The fraction of sp³-hybridized carbons (Fsp3) is 0.909. The van der Waals surface area contributed by atoms with Gasteiger partial charge in [0.2, 0.25) is 0 Å². The highest BCUT2D eigenvalue weighted by Gasteiger charge is 2.17. The first-order valence-corrected chi connectivity index (χ1v) is 5.79. The van der Waals surface area contributed by atoms with Gasteiger partial charge in [-0.25, -0.2) is 4.79 Å². The molecule has 0 bridgehead atoms. The molecule has 2 atom stereocenters. The van der Waals surface area contributed by atoms with E-state index < -0.39 is 12.1 Å². The van der Waals surface area contributed by atoms with Crippen LogP contribution in [-0.2, 0) is 9.53 Å². The number of rotatable bonds is 6. The first-order valence-electron chi connectivity index (χ1n) is 5.79. The van der Waals surface area contributed by atoms with Crippen molar-refractivity contribution in [1.29, 1.82) is 0 Å². The number of carboxylic acid groups (broad SMARTS) is 1. The normalized spacial score (nSPS) is 23.7. The van der Waals surface area contributed by atoms with E-state index in [9.17, 15) is 4.79 Å². The van der Waals surface area contributed by atoms with Gasteiger partial charge in [-0.2, -0.15) is 0 Å². The summed E-state index contributed by atoms with van der Waals surface area (Å²) in [6.07, 6.45) is 3.34. The van der Waals surface area contributed by atoms with Crippen molar-refractivity contribution in [2.24, 2.45) is 5.92 Å². The summed E-state index contributed by atoms with van der Waals surface area (Å²) in [5.74, 6) is -0.190. The number of hydrogen-bond donors (Lipinski definition) is 2. The van der Waals surface area contributed by atoms with Crippen molar-refractivity contribution < 1.29 is 14.6 Å². The SMILES string of the molecule is CCC(OCCC1CCCNC1)C(=O)O. The molecule has 4 nitrogen and oxygen atoms in total. The molecule has 0 spiro atoms. The van der Waals surface area contributed by atoms with Crippen molar-refractivity contribution in [3.05, 3.63) is 0 Å². The van der Waals surface area contributed by atoms with Gasteiger partial charge < -0.3 is 15.2 Å². The van der Waals surface area contributed by atoms with Gasteiger partial charge in [0.1, 0.15) is 0 Å². The molecule has 0 aromatic rings. The fourth-order valence-electron chi connectivity index (χ4n) is 1.91. The standard InChI is InChI=1S/C11H21NO3/c1-2-10(11(13)14)15-7-5-9-4-3-6-12-8-9/h9-10,12H,2-8H2,1H3,(H,13,14). The molecule has 0 aliphatic carbocycles. The van der Waals surface area contributed by atoms with Crippen molar-refractivity contribution in [3.8, 4) is 0 Å². The molecule has 15 heavy (non-hydrogen) atoms. The van der Waals surface area contributed by atoms with Crippen LogP contribution in [0.25, 0.3) is 0 Å². The van der Waals surface area contributed by atoms with Gasteiger partial charge in [0, 0.05) is 6.61 Å². The lowest BCUT2D eigenvalue weighted by molar-refractivity contribution is -0.150. The van der Waals surface area contributed by atoms with Crippen LogP contribution in [0.5, 0.6) is 0 Å². The highest BCUT2D eigenvalue weighted by atomic mass is 16.5. The number of hydrogen-bond acceptors (Lipinski definition) is 3. The van der Waals surface area contributed by atoms with Gasteiger partial charge in [-0.15, -0.1) is 0 Å². The summed E-state index contributed by atoms with van der Waals surface area (Å²) in [5.41, 5.74) is 0. The largest absolute Gasteiger partial charge is 0.479 e. The molecule has 0 radical (unpaired) electrons. The molecule has 1 fully saturated rings. The van der Waals surface area contributed by atoms with E-state index in [1.807, 2.05) is 6.92 Å². The second kappa shape index (κ2) is 6.80. The van der Waals surface area contributed by atoms with Crippen LogP contribution in [0, 0.1) is 5.92 Å². The number of piperidine rings is 1. The minimum absolute atomic E-state index is 0.540. The Balaban J connectivity index is 2.11. The highest BCUT2D eigenvalue weighted by molar-refractivity contribution is 5.72. The summed E-state index contributed by atoms with van der Waals surface area (Å²) in [4.78, 5) is 10.7. The third-order valence-electron chi connectivity index (χ3n) is 2.89. The fourth-order valence-corrected chi connectivity index (χ4v) is 1.91. The molecule has 0 aromatic carbocycles. The topological polar surface area (TPSA) is 58.6 Å². The van der Waals surface area contributed by atoms with Gasteiger partial charge in [0.25, 0.3) is 0 Å². The van der Waals surface area contributed by atoms with E-state index in [0.717, 1.165) is 19.5 Å². The van der Waals surface area contributed by atoms with Crippen LogP contribution in [0.4, 0.5) is 0 Å². The van der Waals surface area contributed by atoms with E-state index in [2.05, 4.69) is 5.32 Å². The van der Waals surface area contributed by atoms with Crippen molar-refractivity contribution in [1.82, 2.24) is 5.32 Å². The first-order chi connectivity index (χ1) is 7.24. The molecule has 1 aliphatic heterocycles. The molecule has 1 aliphatic rings. The second-order valence-electron chi connectivity index (χ2n) is 4.11. The lowest BCUT2D eigenvalue weighted by Crippen LogP contribution is -2.31. The molecule has 1 rings (SSSR count). The Morgan fingerprint density at radius 2 is 2.47 bits per heavy atom. The monoisotopic (exact) mass is 215 g/mol. The van der Waals surface area contributed by atoms with Gasteiger partial charge in [0.15, 0.2) is 6.10 Å². The predicted octanol–water partition coefficient (Wildman–Crippen LogP) is 1.26. The van der Waals surface area contributed by atoms with Crippen molar-refractivity contribution >= 4 is 5.97 Å². The molecule has 0 aromatic heterocycles. The Bertz CT molecular complexity index is 190. The van der Waals surface area contributed by atoms with Gasteiger partial charge in [0.05, 0.1) is 0 Å². The smallest absolute Gasteiger partial charge is 0.332 e. The van der Waals surface area contributed by atoms with E-state index in [4.69, 9.17) is 9.84 Å². The average Bonchev–Trinajstić information content (AvgIpc) is 2.25. The summed E-state index contributed by atoms with van der Waals surface area (Å²) >= 11 is 0. The quantitative estimate of drug-likeness (QED) is 0.700. The Hall–Kier alpha value is -0.610. The molecular formula is C11H21NO3. The zero-order chi connectivity index (χ0) is 11.1. The zero-order valence-corrected chi connectivity index (χ0v) is 9.37. The predicted molar refractivity (Wildman–Crippen MR) is 57.9 cm³/mol. The van der Waals surface area contributed by atoms with Crippen LogP contribution in [0.15, 0.2) is 0 Å². The Kier molecular flexibility index (Phi) is 5.65. The van der Waals surface area contributed by atoms with Crippen molar-refractivity contribution in [3.63, 3.8) is 0 Å². The maximum atomic E-state index is 10.7. The average molecular weight is 215 g/mol. The van der Waals surface area contributed by atoms with Crippen LogP contribution in [0.2, 0.25) is 0 Å². The van der Waals surface area contributed by atoms with Crippen LogP contribution < -0.4 is 5.32 Å². The van der Waals surface area contributed by atoms with Crippen LogP contribution >= 0.6 is 0 Å². The molecule has 2 unspecified atom stereocenters. The maximum absolute atomic E-state index is 10.7. The molecule has 2 N–H and O–H groups in total. The van der Waals surface area contributed by atoms with Crippen molar-refractivity contribution in [2.75, 3.05) is 19.7 Å². The zero-order valence-electron chi connectivity index (χ0n) is 9.37. The highest BCUT2D eigenvalue weighted by Crippen LogP contribution is 2.14. The number of carbonyl (C=O) groups is 1. The summed E-state index contributed by atoms with van der Waals surface area (Å²) in [6.45, 7) is 4.56. The van der Waals surface area contributed by atoms with Gasteiger partial charge in [-0.05, 0) is 44.7 Å². The summed E-state index contributed by atoms with van der Waals surface area (Å²) < 4.78 is 5.33. The number of carboxylic acids is 1. The van der Waals surface area contributed by atoms with Crippen molar-refractivity contribution in [2.45, 2.75) is 38.7 Å². The maximum Gasteiger partial charge on any atom is 0.332 e. The molecule has 4 heteroatoms. The lowest BCUT2D eigenvalue weighted by atomic mass is 9.97. The van der Waals surface area contributed by atoms with Crippen LogP contribution in [-0.4, -0.2) is 36.9 Å².